The van der Waals surface area contributed by atoms with Gasteiger partial charge in [-0.2, -0.15) is 0 Å². The maximum atomic E-state index is 5.42. The summed E-state index contributed by atoms with van der Waals surface area (Å²) in [4.78, 5) is 0. The van der Waals surface area contributed by atoms with E-state index >= 15 is 0 Å². The van der Waals surface area contributed by atoms with E-state index in [1.165, 1.54) is 32.4 Å². The predicted octanol–water partition coefficient (Wildman–Crippen LogP) is 1.41. The molecule has 2 aliphatic rings. The van der Waals surface area contributed by atoms with Gasteiger partial charge in [-0.1, -0.05) is 6.92 Å². The van der Waals surface area contributed by atoms with E-state index in [0.29, 0.717) is 5.41 Å². The normalized spacial score (nSPS) is 35.2. The number of piperidine rings is 1. The summed E-state index contributed by atoms with van der Waals surface area (Å²) >= 11 is 0. The van der Waals surface area contributed by atoms with Crippen LogP contribution in [0.2, 0.25) is 0 Å². The molecule has 1 unspecified atom stereocenters. The maximum Gasteiger partial charge on any atom is 0.0471 e. The van der Waals surface area contributed by atoms with Crippen molar-refractivity contribution in [1.29, 1.82) is 0 Å². The summed E-state index contributed by atoms with van der Waals surface area (Å²) in [6, 6.07) is 0. The second-order valence-corrected chi connectivity index (χ2v) is 4.33. The summed E-state index contributed by atoms with van der Waals surface area (Å²) in [5, 5.41) is 3.47. The minimum Gasteiger partial charge on any atom is -0.381 e. The van der Waals surface area contributed by atoms with Crippen LogP contribution in [0.25, 0.3) is 0 Å². The molecule has 70 valence electrons. The van der Waals surface area contributed by atoms with Crippen LogP contribution in [0, 0.1) is 11.3 Å². The van der Waals surface area contributed by atoms with Gasteiger partial charge in [0, 0.05) is 13.2 Å². The predicted molar refractivity (Wildman–Crippen MR) is 49.1 cm³/mol. The van der Waals surface area contributed by atoms with Crippen molar-refractivity contribution in [3.05, 3.63) is 0 Å². The van der Waals surface area contributed by atoms with Gasteiger partial charge in [-0.15, -0.1) is 0 Å². The lowest BCUT2D eigenvalue weighted by atomic mass is 9.67. The van der Waals surface area contributed by atoms with Crippen molar-refractivity contribution >= 4 is 0 Å². The Morgan fingerprint density at radius 1 is 1.25 bits per heavy atom. The average Bonchev–Trinajstić information content (AvgIpc) is 2.12. The Kier molecular flexibility index (Phi) is 2.37. The Bertz CT molecular complexity index is 144. The van der Waals surface area contributed by atoms with E-state index in [1.807, 2.05) is 0 Å². The van der Waals surface area contributed by atoms with Gasteiger partial charge in [0.15, 0.2) is 0 Å². The number of hydrogen-bond donors (Lipinski definition) is 1. The van der Waals surface area contributed by atoms with Crippen LogP contribution in [0.15, 0.2) is 0 Å². The molecular weight excluding hydrogens is 150 g/mol. The second-order valence-electron chi connectivity index (χ2n) is 4.33. The zero-order valence-corrected chi connectivity index (χ0v) is 7.94. The van der Waals surface area contributed by atoms with Crippen LogP contribution in [0.5, 0.6) is 0 Å². The van der Waals surface area contributed by atoms with E-state index in [1.54, 1.807) is 0 Å². The van der Waals surface area contributed by atoms with Crippen LogP contribution in [0.3, 0.4) is 0 Å². The summed E-state index contributed by atoms with van der Waals surface area (Å²) in [5.74, 6) is 0.843. The van der Waals surface area contributed by atoms with Gasteiger partial charge >= 0.3 is 0 Å². The van der Waals surface area contributed by atoms with E-state index in [0.717, 1.165) is 19.1 Å². The highest BCUT2D eigenvalue weighted by Crippen LogP contribution is 2.42. The van der Waals surface area contributed by atoms with Gasteiger partial charge in [-0.3, -0.25) is 0 Å². The Labute approximate surface area is 74.7 Å². The first-order valence-electron chi connectivity index (χ1n) is 5.12. The SMILES string of the molecule is CC1CNCCC12CCOCC2. The largest absolute Gasteiger partial charge is 0.381 e. The third kappa shape index (κ3) is 1.38. The fraction of sp³-hybridized carbons (Fsp3) is 1.00. The molecule has 1 atom stereocenters. The molecule has 2 heterocycles. The van der Waals surface area contributed by atoms with Crippen LogP contribution in [0.4, 0.5) is 0 Å². The molecule has 2 fully saturated rings. The van der Waals surface area contributed by atoms with Crippen LogP contribution in [-0.2, 0) is 4.74 Å². The molecule has 2 nitrogen and oxygen atoms in total. The molecule has 1 spiro atoms. The Morgan fingerprint density at radius 2 is 2.00 bits per heavy atom. The molecule has 0 bridgehead atoms. The summed E-state index contributed by atoms with van der Waals surface area (Å²) in [5.41, 5.74) is 0.628. The van der Waals surface area contributed by atoms with Gasteiger partial charge in [0.1, 0.15) is 0 Å². The molecule has 2 rings (SSSR count). The summed E-state index contributed by atoms with van der Waals surface area (Å²) < 4.78 is 5.42. The molecular formula is C10H19NO. The molecule has 0 radical (unpaired) electrons. The van der Waals surface area contributed by atoms with E-state index < -0.39 is 0 Å². The minimum atomic E-state index is 0.628. The van der Waals surface area contributed by atoms with E-state index in [4.69, 9.17) is 4.74 Å². The highest BCUT2D eigenvalue weighted by atomic mass is 16.5. The third-order valence-corrected chi connectivity index (χ3v) is 3.78. The zero-order valence-electron chi connectivity index (χ0n) is 7.94. The highest BCUT2D eigenvalue weighted by molar-refractivity contribution is 4.90. The van der Waals surface area contributed by atoms with E-state index in [2.05, 4.69) is 12.2 Å². The first-order chi connectivity index (χ1) is 5.83. The van der Waals surface area contributed by atoms with E-state index in [9.17, 15) is 0 Å². The van der Waals surface area contributed by atoms with Crippen LogP contribution < -0.4 is 5.32 Å². The molecule has 12 heavy (non-hydrogen) atoms. The fourth-order valence-electron chi connectivity index (χ4n) is 2.64. The smallest absolute Gasteiger partial charge is 0.0471 e. The van der Waals surface area contributed by atoms with Crippen LogP contribution >= 0.6 is 0 Å². The summed E-state index contributed by atoms with van der Waals surface area (Å²) in [7, 11) is 0. The van der Waals surface area contributed by atoms with Crippen molar-refractivity contribution in [3.8, 4) is 0 Å². The number of ether oxygens (including phenoxy) is 1. The molecule has 0 amide bonds. The summed E-state index contributed by atoms with van der Waals surface area (Å²) in [6.45, 7) is 6.79. The molecule has 2 aliphatic heterocycles. The lowest BCUT2D eigenvalue weighted by Crippen LogP contribution is -2.46. The zero-order chi connectivity index (χ0) is 8.44. The van der Waals surface area contributed by atoms with Crippen molar-refractivity contribution in [2.45, 2.75) is 26.2 Å². The van der Waals surface area contributed by atoms with Gasteiger partial charge in [-0.05, 0) is 43.7 Å². The molecule has 1 N–H and O–H groups in total. The lowest BCUT2D eigenvalue weighted by Gasteiger charge is -2.45. The van der Waals surface area contributed by atoms with E-state index in [-0.39, 0.29) is 0 Å². The molecule has 2 heteroatoms. The van der Waals surface area contributed by atoms with Crippen molar-refractivity contribution in [1.82, 2.24) is 5.32 Å². The third-order valence-electron chi connectivity index (χ3n) is 3.78. The van der Waals surface area contributed by atoms with Gasteiger partial charge in [0.25, 0.3) is 0 Å². The Morgan fingerprint density at radius 3 is 2.67 bits per heavy atom. The topological polar surface area (TPSA) is 21.3 Å². The Balaban J connectivity index is 2.04. The van der Waals surface area contributed by atoms with Gasteiger partial charge in [0.05, 0.1) is 0 Å². The highest BCUT2D eigenvalue weighted by Gasteiger charge is 2.39. The quantitative estimate of drug-likeness (QED) is 0.592. The minimum absolute atomic E-state index is 0.628. The van der Waals surface area contributed by atoms with Gasteiger partial charge in [-0.25, -0.2) is 0 Å². The van der Waals surface area contributed by atoms with Gasteiger partial charge in [0.2, 0.25) is 0 Å². The number of hydrogen-bond acceptors (Lipinski definition) is 2. The monoisotopic (exact) mass is 169 g/mol. The van der Waals surface area contributed by atoms with Crippen LogP contribution in [-0.4, -0.2) is 26.3 Å². The summed E-state index contributed by atoms with van der Waals surface area (Å²) in [6.07, 6.45) is 3.93. The average molecular weight is 169 g/mol. The molecule has 0 aromatic rings. The first kappa shape index (κ1) is 8.52. The molecule has 0 aromatic heterocycles. The lowest BCUT2D eigenvalue weighted by molar-refractivity contribution is -0.0289. The Hall–Kier alpha value is -0.0800. The van der Waals surface area contributed by atoms with Crippen LogP contribution in [0.1, 0.15) is 26.2 Å². The van der Waals surface area contributed by atoms with Crippen molar-refractivity contribution in [2.24, 2.45) is 11.3 Å². The molecule has 2 saturated heterocycles. The first-order valence-corrected chi connectivity index (χ1v) is 5.12. The standard InChI is InChI=1S/C10H19NO/c1-9-8-11-5-2-10(9)3-6-12-7-4-10/h9,11H,2-8H2,1H3. The van der Waals surface area contributed by atoms with Gasteiger partial charge < -0.3 is 10.1 Å². The van der Waals surface area contributed by atoms with Crippen molar-refractivity contribution in [2.75, 3.05) is 26.3 Å². The number of nitrogens with one attached hydrogen (secondary N) is 1. The molecule has 0 aliphatic carbocycles. The molecule has 0 aromatic carbocycles. The number of rotatable bonds is 0. The van der Waals surface area contributed by atoms with Crippen molar-refractivity contribution < 1.29 is 4.74 Å². The maximum absolute atomic E-state index is 5.42. The van der Waals surface area contributed by atoms with Crippen molar-refractivity contribution in [3.63, 3.8) is 0 Å². The fourth-order valence-corrected chi connectivity index (χ4v) is 2.64. The molecule has 0 saturated carbocycles. The second kappa shape index (κ2) is 3.35.